The van der Waals surface area contributed by atoms with Crippen molar-refractivity contribution in [3.8, 4) is 0 Å². The van der Waals surface area contributed by atoms with Crippen LogP contribution in [0.5, 0.6) is 0 Å². The Morgan fingerprint density at radius 3 is 2.20 bits per heavy atom. The molecule has 0 aliphatic rings. The Balaban J connectivity index is 4.12. The summed E-state index contributed by atoms with van der Waals surface area (Å²) in [5.74, 6) is -0.213. The number of rotatable bonds is 7. The second kappa shape index (κ2) is 6.23. The Morgan fingerprint density at radius 1 is 1.27 bits per heavy atom. The second-order valence-electron chi connectivity index (χ2n) is 4.02. The maximum absolute atomic E-state index is 11.5. The molecule has 0 saturated carbocycles. The number of carbonyl (C=O) groups is 1. The van der Waals surface area contributed by atoms with Gasteiger partial charge in [0.15, 0.2) is 9.84 Å². The first kappa shape index (κ1) is 14.6. The van der Waals surface area contributed by atoms with Crippen molar-refractivity contribution in [1.29, 1.82) is 0 Å². The van der Waals surface area contributed by atoms with Crippen molar-refractivity contribution >= 4 is 15.6 Å². The van der Waals surface area contributed by atoms with E-state index in [1.807, 2.05) is 6.92 Å². The van der Waals surface area contributed by atoms with E-state index in [0.717, 1.165) is 0 Å². The minimum atomic E-state index is -3.05. The summed E-state index contributed by atoms with van der Waals surface area (Å²) >= 11 is 0. The Kier molecular flexibility index (Phi) is 6.05. The highest BCUT2D eigenvalue weighted by Crippen LogP contribution is 2.06. The summed E-state index contributed by atoms with van der Waals surface area (Å²) in [5.41, 5.74) is 5.56. The normalized spacial score (nSPS) is 16.0. The molecule has 0 fully saturated rings. The van der Waals surface area contributed by atoms with E-state index in [0.29, 0.717) is 6.42 Å². The Hall–Kier alpha value is -0.420. The molecule has 2 N–H and O–H groups in total. The van der Waals surface area contributed by atoms with Gasteiger partial charge in [-0.2, -0.15) is 0 Å². The predicted molar refractivity (Wildman–Crippen MR) is 61.4 cm³/mol. The van der Waals surface area contributed by atoms with Crippen LogP contribution in [-0.4, -0.2) is 31.7 Å². The maximum Gasteiger partial charge on any atom is 0.150 e. The van der Waals surface area contributed by atoms with Crippen LogP contribution in [0, 0.1) is 5.92 Å². The largest absolute Gasteiger partial charge is 0.327 e. The smallest absolute Gasteiger partial charge is 0.150 e. The number of Topliss-reactive ketones (excluding diaryl/α,β-unsaturated/α-hetero) is 1. The monoisotopic (exact) mass is 235 g/mol. The number of nitrogens with two attached hydrogens (primary N) is 1. The van der Waals surface area contributed by atoms with Gasteiger partial charge >= 0.3 is 0 Å². The van der Waals surface area contributed by atoms with Crippen LogP contribution in [0.2, 0.25) is 0 Å². The SMILES string of the molecule is CCCS(=O)(=O)CCC(=O)C(C)C(C)N. The van der Waals surface area contributed by atoms with Crippen LogP contribution in [0.1, 0.15) is 33.6 Å². The van der Waals surface area contributed by atoms with Gasteiger partial charge in [0.2, 0.25) is 0 Å². The summed E-state index contributed by atoms with van der Waals surface area (Å²) < 4.78 is 22.7. The average molecular weight is 235 g/mol. The highest BCUT2D eigenvalue weighted by atomic mass is 32.2. The van der Waals surface area contributed by atoms with Crippen molar-refractivity contribution in [2.45, 2.75) is 39.7 Å². The molecular formula is C10H21NO3S. The first-order chi connectivity index (χ1) is 6.80. The van der Waals surface area contributed by atoms with Crippen LogP contribution < -0.4 is 5.73 Å². The molecule has 0 bridgehead atoms. The van der Waals surface area contributed by atoms with Crippen LogP contribution >= 0.6 is 0 Å². The van der Waals surface area contributed by atoms with Crippen molar-refractivity contribution in [2.75, 3.05) is 11.5 Å². The Morgan fingerprint density at radius 2 is 1.80 bits per heavy atom. The molecule has 2 unspecified atom stereocenters. The van der Waals surface area contributed by atoms with E-state index in [1.165, 1.54) is 0 Å². The minimum absolute atomic E-state index is 0.0449. The molecule has 0 radical (unpaired) electrons. The van der Waals surface area contributed by atoms with Crippen LogP contribution in [0.25, 0.3) is 0 Å². The van der Waals surface area contributed by atoms with Gasteiger partial charge < -0.3 is 5.73 Å². The van der Waals surface area contributed by atoms with Crippen LogP contribution in [0.4, 0.5) is 0 Å². The van der Waals surface area contributed by atoms with Crippen molar-refractivity contribution < 1.29 is 13.2 Å². The first-order valence-corrected chi connectivity index (χ1v) is 7.11. The number of ketones is 1. The average Bonchev–Trinajstić information content (AvgIpc) is 2.13. The van der Waals surface area contributed by atoms with E-state index >= 15 is 0 Å². The van der Waals surface area contributed by atoms with Crippen LogP contribution in [-0.2, 0) is 14.6 Å². The molecule has 5 heteroatoms. The molecule has 2 atom stereocenters. The molecule has 0 amide bonds. The zero-order valence-corrected chi connectivity index (χ0v) is 10.5. The predicted octanol–water partition coefficient (Wildman–Crippen LogP) is 0.754. The summed E-state index contributed by atoms with van der Waals surface area (Å²) in [6.45, 7) is 5.30. The number of carbonyl (C=O) groups excluding carboxylic acids is 1. The number of sulfone groups is 1. The third-order valence-electron chi connectivity index (χ3n) is 2.47. The Labute approximate surface area is 92.2 Å². The van der Waals surface area contributed by atoms with Gasteiger partial charge in [0, 0.05) is 24.1 Å². The van der Waals surface area contributed by atoms with Crippen LogP contribution in [0.15, 0.2) is 0 Å². The topological polar surface area (TPSA) is 77.2 Å². The fraction of sp³-hybridized carbons (Fsp3) is 0.900. The Bertz CT molecular complexity index is 296. The van der Waals surface area contributed by atoms with E-state index in [1.54, 1.807) is 13.8 Å². The van der Waals surface area contributed by atoms with Crippen molar-refractivity contribution in [3.63, 3.8) is 0 Å². The van der Waals surface area contributed by atoms with E-state index in [9.17, 15) is 13.2 Å². The summed E-state index contributed by atoms with van der Waals surface area (Å²) in [6.07, 6.45) is 0.685. The van der Waals surface area contributed by atoms with Gasteiger partial charge in [-0.1, -0.05) is 13.8 Å². The highest BCUT2D eigenvalue weighted by molar-refractivity contribution is 7.91. The van der Waals surface area contributed by atoms with Gasteiger partial charge in [-0.25, -0.2) is 8.42 Å². The standard InChI is InChI=1S/C10H21NO3S/c1-4-6-15(13,14)7-5-10(12)8(2)9(3)11/h8-9H,4-7,11H2,1-3H3. The van der Waals surface area contributed by atoms with Gasteiger partial charge in [0.05, 0.1) is 5.75 Å². The molecule has 0 aliphatic carbocycles. The molecule has 0 spiro atoms. The van der Waals surface area contributed by atoms with Gasteiger partial charge in [-0.3, -0.25) is 4.79 Å². The number of hydrogen-bond acceptors (Lipinski definition) is 4. The fourth-order valence-electron chi connectivity index (χ4n) is 1.19. The van der Waals surface area contributed by atoms with E-state index in [2.05, 4.69) is 0 Å². The van der Waals surface area contributed by atoms with Crippen molar-refractivity contribution in [1.82, 2.24) is 0 Å². The third-order valence-corrected chi connectivity index (χ3v) is 4.33. The van der Waals surface area contributed by atoms with Gasteiger partial charge in [-0.05, 0) is 13.3 Å². The van der Waals surface area contributed by atoms with Gasteiger partial charge in [-0.15, -0.1) is 0 Å². The fourth-order valence-corrected chi connectivity index (χ4v) is 2.53. The molecule has 0 heterocycles. The molecule has 0 rings (SSSR count). The summed E-state index contributed by atoms with van der Waals surface area (Å²) in [7, 11) is -3.05. The van der Waals surface area contributed by atoms with Crippen molar-refractivity contribution in [2.24, 2.45) is 11.7 Å². The summed E-state index contributed by atoms with van der Waals surface area (Å²) in [4.78, 5) is 11.5. The molecule has 90 valence electrons. The molecule has 15 heavy (non-hydrogen) atoms. The molecule has 0 aromatic rings. The zero-order chi connectivity index (χ0) is 12.1. The van der Waals surface area contributed by atoms with Gasteiger partial charge in [0.1, 0.15) is 5.78 Å². The number of hydrogen-bond donors (Lipinski definition) is 1. The second-order valence-corrected chi connectivity index (χ2v) is 6.32. The van der Waals surface area contributed by atoms with Gasteiger partial charge in [0.25, 0.3) is 0 Å². The molecule has 0 aromatic heterocycles. The summed E-state index contributed by atoms with van der Waals surface area (Å²) in [6, 6.07) is -0.216. The lowest BCUT2D eigenvalue weighted by atomic mass is 9.98. The first-order valence-electron chi connectivity index (χ1n) is 5.29. The molecular weight excluding hydrogens is 214 g/mol. The van der Waals surface area contributed by atoms with Crippen LogP contribution in [0.3, 0.4) is 0 Å². The quantitative estimate of drug-likeness (QED) is 0.706. The lowest BCUT2D eigenvalue weighted by Gasteiger charge is -2.13. The van der Waals surface area contributed by atoms with E-state index in [4.69, 9.17) is 5.73 Å². The zero-order valence-electron chi connectivity index (χ0n) is 9.69. The lowest BCUT2D eigenvalue weighted by molar-refractivity contribution is -0.122. The van der Waals surface area contributed by atoms with E-state index in [-0.39, 0.29) is 35.7 Å². The molecule has 0 aromatic carbocycles. The molecule has 0 aliphatic heterocycles. The lowest BCUT2D eigenvalue weighted by Crippen LogP contribution is -2.31. The molecule has 4 nitrogen and oxygen atoms in total. The highest BCUT2D eigenvalue weighted by Gasteiger charge is 2.19. The minimum Gasteiger partial charge on any atom is -0.327 e. The van der Waals surface area contributed by atoms with Crippen molar-refractivity contribution in [3.05, 3.63) is 0 Å². The maximum atomic E-state index is 11.5. The third kappa shape index (κ3) is 5.89. The molecule has 0 saturated heterocycles. The van der Waals surface area contributed by atoms with E-state index < -0.39 is 9.84 Å². The summed E-state index contributed by atoms with van der Waals surface area (Å²) in [5, 5.41) is 0.